The summed E-state index contributed by atoms with van der Waals surface area (Å²) in [6.07, 6.45) is 6.37. The van der Waals surface area contributed by atoms with Crippen molar-refractivity contribution in [2.75, 3.05) is 26.3 Å². The Morgan fingerprint density at radius 1 is 1.07 bits per heavy atom. The Morgan fingerprint density at radius 3 is 2.64 bits per heavy atom. The number of nitrogens with zero attached hydrogens (tertiary/aromatic N) is 1. The summed E-state index contributed by atoms with van der Waals surface area (Å²) in [5.74, 6) is 1.23. The number of benzene rings is 1. The highest BCUT2D eigenvalue weighted by atomic mass is 16.7. The monoisotopic (exact) mass is 381 g/mol. The number of hydrogen-bond acceptors (Lipinski definition) is 5. The van der Waals surface area contributed by atoms with E-state index in [2.05, 4.69) is 12.2 Å². The van der Waals surface area contributed by atoms with Gasteiger partial charge in [-0.2, -0.15) is 0 Å². The highest BCUT2D eigenvalue weighted by Crippen LogP contribution is 2.43. The number of ether oxygens (including phenoxy) is 2. The topological polar surface area (TPSA) is 69.0 Å². The average Bonchev–Trinajstić information content (AvgIpc) is 3.45. The Labute approximate surface area is 162 Å². The molecular weight excluding hydrogens is 358 g/mol. The summed E-state index contributed by atoms with van der Waals surface area (Å²) in [6, 6.07) is 8.86. The lowest BCUT2D eigenvalue weighted by molar-refractivity contribution is -0.0593. The fourth-order valence-corrected chi connectivity index (χ4v) is 4.70. The van der Waals surface area contributed by atoms with Crippen molar-refractivity contribution in [1.82, 2.24) is 4.90 Å². The van der Waals surface area contributed by atoms with Crippen molar-refractivity contribution >= 4 is 16.9 Å². The third kappa shape index (κ3) is 3.27. The van der Waals surface area contributed by atoms with Crippen LogP contribution in [0.2, 0.25) is 0 Å². The SMILES string of the molecule is O=C(c1cc2ccccc2oc1=O)N(CC1OCCO1)C[C@@H]1C[C@@H]2C=C[C@H]1C2. The minimum atomic E-state index is -0.602. The second-order valence-corrected chi connectivity index (χ2v) is 7.91. The minimum absolute atomic E-state index is 0.0652. The van der Waals surface area contributed by atoms with Crippen LogP contribution in [-0.4, -0.2) is 43.4 Å². The maximum absolute atomic E-state index is 13.3. The van der Waals surface area contributed by atoms with E-state index in [0.29, 0.717) is 49.6 Å². The normalized spacial score (nSPS) is 26.4. The maximum atomic E-state index is 13.3. The van der Waals surface area contributed by atoms with E-state index in [1.54, 1.807) is 23.1 Å². The van der Waals surface area contributed by atoms with Crippen LogP contribution in [-0.2, 0) is 9.47 Å². The number of amides is 1. The Morgan fingerprint density at radius 2 is 1.89 bits per heavy atom. The second-order valence-electron chi connectivity index (χ2n) is 7.91. The van der Waals surface area contributed by atoms with Crippen LogP contribution in [0.15, 0.2) is 51.7 Å². The molecule has 28 heavy (non-hydrogen) atoms. The zero-order chi connectivity index (χ0) is 19.1. The number of allylic oxidation sites excluding steroid dienone is 2. The molecule has 1 aliphatic heterocycles. The number of rotatable bonds is 5. The first-order valence-corrected chi connectivity index (χ1v) is 9.91. The summed E-state index contributed by atoms with van der Waals surface area (Å²) < 4.78 is 16.5. The zero-order valence-electron chi connectivity index (χ0n) is 15.6. The number of carbonyl (C=O) groups excluding carboxylic acids is 1. The van der Waals surface area contributed by atoms with Crippen molar-refractivity contribution in [2.45, 2.75) is 19.1 Å². The van der Waals surface area contributed by atoms with Gasteiger partial charge in [0.15, 0.2) is 6.29 Å². The predicted octanol–water partition coefficient (Wildman–Crippen LogP) is 2.82. The van der Waals surface area contributed by atoms with E-state index in [9.17, 15) is 9.59 Å². The first-order valence-electron chi connectivity index (χ1n) is 9.91. The molecule has 1 aromatic heterocycles. The lowest BCUT2D eigenvalue weighted by Gasteiger charge is -2.30. The third-order valence-electron chi connectivity index (χ3n) is 6.09. The molecule has 3 atom stereocenters. The number of para-hydroxylation sites is 1. The first-order chi connectivity index (χ1) is 13.7. The Hall–Kier alpha value is -2.44. The van der Waals surface area contributed by atoms with Gasteiger partial charge >= 0.3 is 5.63 Å². The molecule has 0 radical (unpaired) electrons. The molecule has 146 valence electrons. The number of hydrogen-bond donors (Lipinski definition) is 0. The number of carbonyl (C=O) groups is 1. The summed E-state index contributed by atoms with van der Waals surface area (Å²) in [7, 11) is 0. The van der Waals surface area contributed by atoms with Crippen molar-refractivity contribution < 1.29 is 18.7 Å². The molecule has 2 heterocycles. The van der Waals surface area contributed by atoms with Gasteiger partial charge in [0.1, 0.15) is 11.1 Å². The van der Waals surface area contributed by atoms with E-state index < -0.39 is 11.9 Å². The van der Waals surface area contributed by atoms with Gasteiger partial charge in [0.05, 0.1) is 19.8 Å². The van der Waals surface area contributed by atoms with E-state index in [1.807, 2.05) is 12.1 Å². The summed E-state index contributed by atoms with van der Waals surface area (Å²) in [6.45, 7) is 1.98. The predicted molar refractivity (Wildman–Crippen MR) is 103 cm³/mol. The molecular formula is C22H23NO5. The average molecular weight is 381 g/mol. The highest BCUT2D eigenvalue weighted by Gasteiger charge is 2.38. The standard InChI is InChI=1S/C22H23NO5/c24-21(18-11-16-3-1-2-4-19(16)28-22(18)25)23(13-20-26-7-8-27-20)12-17-10-14-5-6-15(17)9-14/h1-6,11,14-15,17,20H,7-10,12-13H2/t14-,15+,17+/m1/s1. The first kappa shape index (κ1) is 17.6. The van der Waals surface area contributed by atoms with Crippen LogP contribution in [0.1, 0.15) is 23.2 Å². The van der Waals surface area contributed by atoms with Gasteiger partial charge in [-0.25, -0.2) is 4.79 Å². The Balaban J connectivity index is 1.43. The largest absolute Gasteiger partial charge is 0.422 e. The highest BCUT2D eigenvalue weighted by molar-refractivity contribution is 5.96. The van der Waals surface area contributed by atoms with Crippen molar-refractivity contribution in [3.63, 3.8) is 0 Å². The molecule has 2 aliphatic carbocycles. The van der Waals surface area contributed by atoms with Crippen LogP contribution < -0.4 is 5.63 Å². The number of fused-ring (bicyclic) bond motifs is 3. The molecule has 2 fully saturated rings. The molecule has 2 bridgehead atoms. The molecule has 1 amide bonds. The van der Waals surface area contributed by atoms with Gasteiger partial charge < -0.3 is 18.8 Å². The maximum Gasteiger partial charge on any atom is 0.349 e. The van der Waals surface area contributed by atoms with Crippen molar-refractivity contribution in [3.05, 3.63) is 58.5 Å². The molecule has 0 spiro atoms. The fourth-order valence-electron chi connectivity index (χ4n) is 4.70. The van der Waals surface area contributed by atoms with E-state index in [-0.39, 0.29) is 11.5 Å². The molecule has 1 aromatic carbocycles. The van der Waals surface area contributed by atoms with E-state index in [4.69, 9.17) is 13.9 Å². The van der Waals surface area contributed by atoms with Crippen molar-refractivity contribution in [1.29, 1.82) is 0 Å². The Kier molecular flexibility index (Phi) is 4.53. The smallest absolute Gasteiger partial charge is 0.349 e. The quantitative estimate of drug-likeness (QED) is 0.588. The molecule has 1 saturated heterocycles. The molecule has 6 nitrogen and oxygen atoms in total. The van der Waals surface area contributed by atoms with E-state index >= 15 is 0 Å². The van der Waals surface area contributed by atoms with E-state index in [1.165, 1.54) is 6.42 Å². The van der Waals surface area contributed by atoms with Crippen LogP contribution in [0, 0.1) is 17.8 Å². The van der Waals surface area contributed by atoms with Gasteiger partial charge in [-0.1, -0.05) is 30.4 Å². The van der Waals surface area contributed by atoms with Gasteiger partial charge in [-0.15, -0.1) is 0 Å². The Bertz CT molecular complexity index is 974. The minimum Gasteiger partial charge on any atom is -0.422 e. The van der Waals surface area contributed by atoms with Crippen molar-refractivity contribution in [2.24, 2.45) is 17.8 Å². The summed E-state index contributed by atoms with van der Waals surface area (Å²) in [5, 5.41) is 0.738. The molecule has 5 rings (SSSR count). The molecule has 2 aromatic rings. The van der Waals surface area contributed by atoms with Crippen molar-refractivity contribution in [3.8, 4) is 0 Å². The van der Waals surface area contributed by atoms with Gasteiger partial charge in [-0.3, -0.25) is 4.79 Å². The lowest BCUT2D eigenvalue weighted by atomic mass is 9.93. The van der Waals surface area contributed by atoms with E-state index in [0.717, 1.165) is 11.8 Å². The second kappa shape index (κ2) is 7.18. The molecule has 1 saturated carbocycles. The summed E-state index contributed by atoms with van der Waals surface area (Å²) >= 11 is 0. The van der Waals surface area contributed by atoms with Gasteiger partial charge in [0.2, 0.25) is 0 Å². The van der Waals surface area contributed by atoms with Gasteiger partial charge in [-0.05, 0) is 42.7 Å². The van der Waals surface area contributed by atoms with Crippen LogP contribution in [0.25, 0.3) is 11.0 Å². The van der Waals surface area contributed by atoms with Gasteiger partial charge in [0.25, 0.3) is 5.91 Å². The van der Waals surface area contributed by atoms with Crippen LogP contribution in [0.3, 0.4) is 0 Å². The summed E-state index contributed by atoms with van der Waals surface area (Å²) in [4.78, 5) is 27.5. The zero-order valence-corrected chi connectivity index (χ0v) is 15.6. The fraction of sp³-hybridized carbons (Fsp3) is 0.455. The van der Waals surface area contributed by atoms with Gasteiger partial charge in [0, 0.05) is 11.9 Å². The van der Waals surface area contributed by atoms with Crippen LogP contribution in [0.4, 0.5) is 0 Å². The molecule has 3 aliphatic rings. The molecule has 0 N–H and O–H groups in total. The molecule has 0 unspecified atom stereocenters. The van der Waals surface area contributed by atoms with Crippen LogP contribution >= 0.6 is 0 Å². The molecule has 6 heteroatoms. The lowest BCUT2D eigenvalue weighted by Crippen LogP contribution is -2.43. The third-order valence-corrected chi connectivity index (χ3v) is 6.09. The summed E-state index contributed by atoms with van der Waals surface area (Å²) in [5.41, 5.74) is -0.0542. The van der Waals surface area contributed by atoms with Crippen LogP contribution in [0.5, 0.6) is 0 Å².